The molecular formula is C15H20BrN3. The molecule has 2 aromatic rings. The summed E-state index contributed by atoms with van der Waals surface area (Å²) in [6.07, 6.45) is 6.24. The Kier molecular flexibility index (Phi) is 5.02. The maximum Gasteiger partial charge on any atom is 0.203 e. The van der Waals surface area contributed by atoms with E-state index >= 15 is 0 Å². The van der Waals surface area contributed by atoms with Crippen LogP contribution in [0.15, 0.2) is 41.1 Å². The van der Waals surface area contributed by atoms with Crippen LogP contribution in [-0.2, 0) is 0 Å². The van der Waals surface area contributed by atoms with Crippen molar-refractivity contribution in [3.05, 3.63) is 46.7 Å². The summed E-state index contributed by atoms with van der Waals surface area (Å²) >= 11 is 3.47. The first-order valence-corrected chi connectivity index (χ1v) is 7.54. The Bertz CT molecular complexity index is 504. The van der Waals surface area contributed by atoms with Crippen molar-refractivity contribution in [1.29, 1.82) is 0 Å². The molecule has 0 saturated carbocycles. The smallest absolute Gasteiger partial charge is 0.203 e. The van der Waals surface area contributed by atoms with Crippen LogP contribution in [0.4, 0.5) is 5.95 Å². The molecule has 0 spiro atoms. The maximum absolute atomic E-state index is 4.39. The predicted octanol–water partition coefficient (Wildman–Crippen LogP) is 4.47. The molecule has 0 aliphatic rings. The minimum atomic E-state index is 0.278. The second kappa shape index (κ2) is 6.75. The minimum Gasteiger partial charge on any atom is -0.356 e. The standard InChI is InChI=1S/C15H20BrN3/c1-3-4-9-17-15-18-10-11-19(15)12(2)13-5-7-14(16)8-6-13/h5-8,10-12H,3-4,9H2,1-2H3,(H,17,18). The van der Waals surface area contributed by atoms with E-state index in [9.17, 15) is 0 Å². The largest absolute Gasteiger partial charge is 0.356 e. The van der Waals surface area contributed by atoms with Crippen LogP contribution in [0, 0.1) is 0 Å². The molecule has 1 heterocycles. The van der Waals surface area contributed by atoms with Gasteiger partial charge in [0, 0.05) is 23.4 Å². The van der Waals surface area contributed by atoms with Crippen molar-refractivity contribution in [3.63, 3.8) is 0 Å². The average molecular weight is 322 g/mol. The number of halogens is 1. The van der Waals surface area contributed by atoms with Gasteiger partial charge < -0.3 is 9.88 Å². The van der Waals surface area contributed by atoms with Crippen molar-refractivity contribution in [2.75, 3.05) is 11.9 Å². The number of rotatable bonds is 6. The summed E-state index contributed by atoms with van der Waals surface area (Å²) in [4.78, 5) is 4.39. The summed E-state index contributed by atoms with van der Waals surface area (Å²) in [5, 5.41) is 3.40. The van der Waals surface area contributed by atoms with E-state index in [1.807, 2.05) is 12.4 Å². The Labute approximate surface area is 123 Å². The fourth-order valence-electron chi connectivity index (χ4n) is 2.04. The van der Waals surface area contributed by atoms with Gasteiger partial charge in [-0.2, -0.15) is 0 Å². The third-order valence-electron chi connectivity index (χ3n) is 3.25. The Hall–Kier alpha value is -1.29. The van der Waals surface area contributed by atoms with E-state index in [1.165, 1.54) is 18.4 Å². The highest BCUT2D eigenvalue weighted by molar-refractivity contribution is 9.10. The second-order valence-electron chi connectivity index (χ2n) is 4.67. The highest BCUT2D eigenvalue weighted by Crippen LogP contribution is 2.23. The molecule has 4 heteroatoms. The zero-order chi connectivity index (χ0) is 13.7. The lowest BCUT2D eigenvalue weighted by Crippen LogP contribution is -2.12. The van der Waals surface area contributed by atoms with Crippen molar-refractivity contribution in [2.24, 2.45) is 0 Å². The van der Waals surface area contributed by atoms with Crippen LogP contribution in [0.25, 0.3) is 0 Å². The van der Waals surface area contributed by atoms with Crippen LogP contribution >= 0.6 is 15.9 Å². The van der Waals surface area contributed by atoms with Crippen molar-refractivity contribution in [3.8, 4) is 0 Å². The molecule has 0 aliphatic carbocycles. The number of nitrogens with zero attached hydrogens (tertiary/aromatic N) is 2. The maximum atomic E-state index is 4.39. The molecule has 0 radical (unpaired) electrons. The van der Waals surface area contributed by atoms with Gasteiger partial charge in [0.2, 0.25) is 5.95 Å². The summed E-state index contributed by atoms with van der Waals surface area (Å²) < 4.78 is 3.29. The fraction of sp³-hybridized carbons (Fsp3) is 0.400. The van der Waals surface area contributed by atoms with E-state index in [1.54, 1.807) is 0 Å². The van der Waals surface area contributed by atoms with Crippen LogP contribution in [0.2, 0.25) is 0 Å². The minimum absolute atomic E-state index is 0.278. The molecule has 0 aliphatic heterocycles. The molecular weight excluding hydrogens is 302 g/mol. The number of nitrogens with one attached hydrogen (secondary N) is 1. The third-order valence-corrected chi connectivity index (χ3v) is 3.78. The highest BCUT2D eigenvalue weighted by Gasteiger charge is 2.11. The van der Waals surface area contributed by atoms with Gasteiger partial charge in [-0.15, -0.1) is 0 Å². The van der Waals surface area contributed by atoms with E-state index in [0.717, 1.165) is 17.0 Å². The predicted molar refractivity (Wildman–Crippen MR) is 83.6 cm³/mol. The van der Waals surface area contributed by atoms with Gasteiger partial charge in [0.1, 0.15) is 0 Å². The van der Waals surface area contributed by atoms with Gasteiger partial charge in [0.15, 0.2) is 0 Å². The van der Waals surface area contributed by atoms with E-state index in [0.29, 0.717) is 0 Å². The van der Waals surface area contributed by atoms with Crippen molar-refractivity contribution in [2.45, 2.75) is 32.7 Å². The van der Waals surface area contributed by atoms with Crippen LogP contribution in [0.5, 0.6) is 0 Å². The summed E-state index contributed by atoms with van der Waals surface area (Å²) in [6.45, 7) is 5.36. The number of anilines is 1. The number of aromatic nitrogens is 2. The lowest BCUT2D eigenvalue weighted by Gasteiger charge is -2.17. The van der Waals surface area contributed by atoms with E-state index in [-0.39, 0.29) is 6.04 Å². The normalized spacial score (nSPS) is 12.4. The number of hydrogen-bond acceptors (Lipinski definition) is 2. The molecule has 0 fully saturated rings. The Morgan fingerprint density at radius 1 is 1.32 bits per heavy atom. The van der Waals surface area contributed by atoms with Crippen molar-refractivity contribution in [1.82, 2.24) is 9.55 Å². The van der Waals surface area contributed by atoms with Crippen LogP contribution in [-0.4, -0.2) is 16.1 Å². The van der Waals surface area contributed by atoms with E-state index in [4.69, 9.17) is 0 Å². The number of unbranched alkanes of at least 4 members (excludes halogenated alkanes) is 1. The second-order valence-corrected chi connectivity index (χ2v) is 5.58. The van der Waals surface area contributed by atoms with Gasteiger partial charge in [0.05, 0.1) is 6.04 Å². The molecule has 0 bridgehead atoms. The zero-order valence-electron chi connectivity index (χ0n) is 11.4. The van der Waals surface area contributed by atoms with Gasteiger partial charge in [-0.1, -0.05) is 41.4 Å². The number of benzene rings is 1. The molecule has 1 unspecified atom stereocenters. The third kappa shape index (κ3) is 3.60. The molecule has 1 aromatic carbocycles. The monoisotopic (exact) mass is 321 g/mol. The highest BCUT2D eigenvalue weighted by atomic mass is 79.9. The fourth-order valence-corrected chi connectivity index (χ4v) is 2.31. The molecule has 0 saturated heterocycles. The molecule has 1 aromatic heterocycles. The number of hydrogen-bond donors (Lipinski definition) is 1. The first-order valence-electron chi connectivity index (χ1n) is 6.74. The average Bonchev–Trinajstić information content (AvgIpc) is 2.87. The lowest BCUT2D eigenvalue weighted by molar-refractivity contribution is 0.641. The Morgan fingerprint density at radius 2 is 2.05 bits per heavy atom. The quantitative estimate of drug-likeness (QED) is 0.796. The molecule has 102 valence electrons. The van der Waals surface area contributed by atoms with Crippen LogP contribution in [0.1, 0.15) is 38.3 Å². The van der Waals surface area contributed by atoms with Crippen LogP contribution in [0.3, 0.4) is 0 Å². The SMILES string of the molecule is CCCCNc1nccn1C(C)c1ccc(Br)cc1. The first-order chi connectivity index (χ1) is 9.22. The summed E-state index contributed by atoms with van der Waals surface area (Å²) in [7, 11) is 0. The number of imidazole rings is 1. The van der Waals surface area contributed by atoms with Crippen molar-refractivity contribution < 1.29 is 0 Å². The molecule has 1 atom stereocenters. The Morgan fingerprint density at radius 3 is 2.74 bits per heavy atom. The first kappa shape index (κ1) is 14.1. The lowest BCUT2D eigenvalue weighted by atomic mass is 10.1. The van der Waals surface area contributed by atoms with Gasteiger partial charge in [-0.3, -0.25) is 0 Å². The van der Waals surface area contributed by atoms with E-state index in [2.05, 4.69) is 68.9 Å². The molecule has 3 nitrogen and oxygen atoms in total. The van der Waals surface area contributed by atoms with E-state index < -0.39 is 0 Å². The molecule has 0 amide bonds. The zero-order valence-corrected chi connectivity index (χ0v) is 13.0. The van der Waals surface area contributed by atoms with Gasteiger partial charge in [-0.05, 0) is 31.0 Å². The Balaban J connectivity index is 2.12. The summed E-state index contributed by atoms with van der Waals surface area (Å²) in [6, 6.07) is 8.72. The summed E-state index contributed by atoms with van der Waals surface area (Å²) in [5.74, 6) is 0.948. The van der Waals surface area contributed by atoms with Gasteiger partial charge in [0.25, 0.3) is 0 Å². The molecule has 2 rings (SSSR count). The van der Waals surface area contributed by atoms with Gasteiger partial charge in [-0.25, -0.2) is 4.98 Å². The van der Waals surface area contributed by atoms with Crippen LogP contribution < -0.4 is 5.32 Å². The van der Waals surface area contributed by atoms with Gasteiger partial charge >= 0.3 is 0 Å². The summed E-state index contributed by atoms with van der Waals surface area (Å²) in [5.41, 5.74) is 1.28. The molecule has 19 heavy (non-hydrogen) atoms. The topological polar surface area (TPSA) is 29.9 Å². The molecule has 1 N–H and O–H groups in total. The van der Waals surface area contributed by atoms with Crippen molar-refractivity contribution >= 4 is 21.9 Å².